The maximum atomic E-state index is 12.2. The minimum atomic E-state index is -3.35. The molecular formula is C13H23NO5S. The molecule has 2 N–H and O–H groups in total. The molecule has 1 aliphatic carbocycles. The summed E-state index contributed by atoms with van der Waals surface area (Å²) in [5.41, 5.74) is 0. The van der Waals surface area contributed by atoms with Crippen LogP contribution in [-0.4, -0.2) is 44.5 Å². The van der Waals surface area contributed by atoms with Crippen LogP contribution in [-0.2, 0) is 19.6 Å². The van der Waals surface area contributed by atoms with Gasteiger partial charge in [-0.15, -0.1) is 0 Å². The molecule has 2 aliphatic rings. The predicted molar refractivity (Wildman–Crippen MR) is 73.8 cm³/mol. The smallest absolute Gasteiger partial charge is 0.306 e. The summed E-state index contributed by atoms with van der Waals surface area (Å²) in [6.45, 7) is 1.20. The van der Waals surface area contributed by atoms with Crippen molar-refractivity contribution >= 4 is 16.0 Å². The average Bonchev–Trinajstić information content (AvgIpc) is 2.46. The molecule has 0 bridgehead atoms. The lowest BCUT2D eigenvalue weighted by atomic mass is 9.79. The minimum Gasteiger partial charge on any atom is -0.481 e. The highest BCUT2D eigenvalue weighted by atomic mass is 32.2. The SMILES string of the molecule is O=C(O)C1CCCCC1CNS(=O)(=O)C1CCOCC1. The van der Waals surface area contributed by atoms with Gasteiger partial charge in [-0.05, 0) is 31.6 Å². The first-order chi connectivity index (χ1) is 9.50. The van der Waals surface area contributed by atoms with Gasteiger partial charge in [-0.2, -0.15) is 0 Å². The van der Waals surface area contributed by atoms with Crippen LogP contribution in [0.1, 0.15) is 38.5 Å². The van der Waals surface area contributed by atoms with E-state index in [-0.39, 0.29) is 12.5 Å². The number of carboxylic acids is 1. The first kappa shape index (κ1) is 15.7. The van der Waals surface area contributed by atoms with Crippen LogP contribution in [0.4, 0.5) is 0 Å². The third-order valence-corrected chi connectivity index (χ3v) is 6.30. The van der Waals surface area contributed by atoms with E-state index in [0.717, 1.165) is 19.3 Å². The van der Waals surface area contributed by atoms with Crippen LogP contribution >= 0.6 is 0 Å². The molecule has 1 saturated carbocycles. The van der Waals surface area contributed by atoms with Crippen LogP contribution in [0.25, 0.3) is 0 Å². The number of rotatable bonds is 5. The Bertz CT molecular complexity index is 430. The summed E-state index contributed by atoms with van der Waals surface area (Å²) in [5.74, 6) is -1.31. The molecule has 2 fully saturated rings. The Labute approximate surface area is 119 Å². The van der Waals surface area contributed by atoms with E-state index >= 15 is 0 Å². The fraction of sp³-hybridized carbons (Fsp3) is 0.923. The molecule has 6 nitrogen and oxygen atoms in total. The van der Waals surface area contributed by atoms with Gasteiger partial charge in [0, 0.05) is 19.8 Å². The first-order valence-electron chi connectivity index (χ1n) is 7.30. The normalized spacial score (nSPS) is 29.2. The van der Waals surface area contributed by atoms with Gasteiger partial charge in [0.2, 0.25) is 10.0 Å². The molecule has 20 heavy (non-hydrogen) atoms. The molecule has 1 aliphatic heterocycles. The minimum absolute atomic E-state index is 0.0872. The molecule has 0 spiro atoms. The number of carboxylic acid groups (broad SMARTS) is 1. The van der Waals surface area contributed by atoms with E-state index in [0.29, 0.717) is 32.5 Å². The van der Waals surface area contributed by atoms with Crippen LogP contribution < -0.4 is 4.72 Å². The summed E-state index contributed by atoms with van der Waals surface area (Å²) in [4.78, 5) is 11.2. The van der Waals surface area contributed by atoms with Crippen molar-refractivity contribution in [2.45, 2.75) is 43.8 Å². The molecule has 0 aromatic rings. The monoisotopic (exact) mass is 305 g/mol. The molecule has 2 atom stereocenters. The Morgan fingerprint density at radius 1 is 1.15 bits per heavy atom. The molecule has 116 valence electrons. The van der Waals surface area contributed by atoms with Gasteiger partial charge in [0.1, 0.15) is 0 Å². The second kappa shape index (κ2) is 6.87. The maximum absolute atomic E-state index is 12.2. The lowest BCUT2D eigenvalue weighted by Gasteiger charge is -2.29. The fourth-order valence-corrected chi connectivity index (χ4v) is 4.60. The number of aliphatic carboxylic acids is 1. The molecule has 0 aromatic heterocycles. The van der Waals surface area contributed by atoms with Crippen LogP contribution in [0.2, 0.25) is 0 Å². The summed E-state index contributed by atoms with van der Waals surface area (Å²) in [7, 11) is -3.35. The van der Waals surface area contributed by atoms with E-state index in [9.17, 15) is 18.3 Å². The fourth-order valence-electron chi connectivity index (χ4n) is 3.10. The second-order valence-electron chi connectivity index (χ2n) is 5.69. The van der Waals surface area contributed by atoms with Crippen molar-refractivity contribution in [2.75, 3.05) is 19.8 Å². The number of hydrogen-bond donors (Lipinski definition) is 2. The zero-order chi connectivity index (χ0) is 14.6. The highest BCUT2D eigenvalue weighted by Gasteiger charge is 2.33. The van der Waals surface area contributed by atoms with Gasteiger partial charge in [0.25, 0.3) is 0 Å². The van der Waals surface area contributed by atoms with Gasteiger partial charge in [-0.3, -0.25) is 4.79 Å². The number of hydrogen-bond acceptors (Lipinski definition) is 4. The molecule has 0 aromatic carbocycles. The first-order valence-corrected chi connectivity index (χ1v) is 8.84. The predicted octanol–water partition coefficient (Wildman–Crippen LogP) is 0.976. The van der Waals surface area contributed by atoms with Gasteiger partial charge < -0.3 is 9.84 Å². The Kier molecular flexibility index (Phi) is 5.40. The zero-order valence-corrected chi connectivity index (χ0v) is 12.4. The average molecular weight is 305 g/mol. The molecule has 2 unspecified atom stereocenters. The topological polar surface area (TPSA) is 92.7 Å². The van der Waals surface area contributed by atoms with Crippen molar-refractivity contribution < 1.29 is 23.1 Å². The Morgan fingerprint density at radius 3 is 2.45 bits per heavy atom. The highest BCUT2D eigenvalue weighted by Crippen LogP contribution is 2.30. The molecular weight excluding hydrogens is 282 g/mol. The number of carbonyl (C=O) groups is 1. The van der Waals surface area contributed by atoms with Crippen molar-refractivity contribution in [1.82, 2.24) is 4.72 Å². The largest absolute Gasteiger partial charge is 0.481 e. The van der Waals surface area contributed by atoms with Crippen LogP contribution in [0, 0.1) is 11.8 Å². The van der Waals surface area contributed by atoms with Gasteiger partial charge >= 0.3 is 5.97 Å². The third-order valence-electron chi connectivity index (χ3n) is 4.38. The van der Waals surface area contributed by atoms with Crippen LogP contribution in [0.3, 0.4) is 0 Å². The maximum Gasteiger partial charge on any atom is 0.306 e. The summed E-state index contributed by atoms with van der Waals surface area (Å²) in [6, 6.07) is 0. The Balaban J connectivity index is 1.90. The van der Waals surface area contributed by atoms with Crippen molar-refractivity contribution in [2.24, 2.45) is 11.8 Å². The van der Waals surface area contributed by atoms with Gasteiger partial charge in [0.15, 0.2) is 0 Å². The van der Waals surface area contributed by atoms with Crippen molar-refractivity contribution in [3.8, 4) is 0 Å². The molecule has 0 radical (unpaired) electrons. The summed E-state index contributed by atoms with van der Waals surface area (Å²) >= 11 is 0. The third kappa shape index (κ3) is 3.93. The molecule has 2 rings (SSSR count). The number of nitrogens with one attached hydrogen (secondary N) is 1. The van der Waals surface area contributed by atoms with E-state index in [1.54, 1.807) is 0 Å². The summed E-state index contributed by atoms with van der Waals surface area (Å²) in [6.07, 6.45) is 4.37. The quantitative estimate of drug-likeness (QED) is 0.789. The van der Waals surface area contributed by atoms with Crippen molar-refractivity contribution in [3.05, 3.63) is 0 Å². The molecule has 1 saturated heterocycles. The number of ether oxygens (including phenoxy) is 1. The lowest BCUT2D eigenvalue weighted by Crippen LogP contribution is -2.42. The summed E-state index contributed by atoms with van der Waals surface area (Å²) in [5, 5.41) is 8.79. The molecule has 7 heteroatoms. The summed E-state index contributed by atoms with van der Waals surface area (Å²) < 4.78 is 32.2. The van der Waals surface area contributed by atoms with Gasteiger partial charge in [-0.1, -0.05) is 12.8 Å². The van der Waals surface area contributed by atoms with E-state index in [4.69, 9.17) is 4.74 Å². The van der Waals surface area contributed by atoms with Crippen molar-refractivity contribution in [1.29, 1.82) is 0 Å². The van der Waals surface area contributed by atoms with Gasteiger partial charge in [0.05, 0.1) is 11.2 Å². The van der Waals surface area contributed by atoms with Crippen molar-refractivity contribution in [3.63, 3.8) is 0 Å². The second-order valence-corrected chi connectivity index (χ2v) is 7.74. The van der Waals surface area contributed by atoms with Gasteiger partial charge in [-0.25, -0.2) is 13.1 Å². The van der Waals surface area contributed by atoms with E-state index in [1.807, 2.05) is 0 Å². The number of sulfonamides is 1. The van der Waals surface area contributed by atoms with E-state index < -0.39 is 27.2 Å². The Hall–Kier alpha value is -0.660. The Morgan fingerprint density at radius 2 is 1.80 bits per heavy atom. The molecule has 1 heterocycles. The van der Waals surface area contributed by atoms with Crippen LogP contribution in [0.5, 0.6) is 0 Å². The lowest BCUT2D eigenvalue weighted by molar-refractivity contribution is -0.144. The highest BCUT2D eigenvalue weighted by molar-refractivity contribution is 7.90. The van der Waals surface area contributed by atoms with E-state index in [1.165, 1.54) is 0 Å². The molecule has 0 amide bonds. The zero-order valence-electron chi connectivity index (χ0n) is 11.6. The standard InChI is InChI=1S/C13H23NO5S/c15-13(16)12-4-2-1-3-10(12)9-14-20(17,18)11-5-7-19-8-6-11/h10-12,14H,1-9H2,(H,15,16). The van der Waals surface area contributed by atoms with E-state index in [2.05, 4.69) is 4.72 Å². The van der Waals surface area contributed by atoms with Crippen LogP contribution in [0.15, 0.2) is 0 Å².